The van der Waals surface area contributed by atoms with Gasteiger partial charge in [0.2, 0.25) is 5.91 Å². The van der Waals surface area contributed by atoms with Gasteiger partial charge < -0.3 is 10.1 Å². The van der Waals surface area contributed by atoms with Crippen molar-refractivity contribution in [1.29, 1.82) is 0 Å². The number of methoxy groups -OCH3 is 1. The molecule has 0 saturated heterocycles. The van der Waals surface area contributed by atoms with Crippen LogP contribution in [0.5, 0.6) is 0 Å². The van der Waals surface area contributed by atoms with E-state index in [1.54, 1.807) is 42.5 Å². The highest BCUT2D eigenvalue weighted by Crippen LogP contribution is 2.16. The van der Waals surface area contributed by atoms with Crippen molar-refractivity contribution in [2.45, 2.75) is 19.4 Å². The Balaban J connectivity index is 1.56. The molecule has 7 nitrogen and oxygen atoms in total. The Labute approximate surface area is 172 Å². The SMILES string of the molecule is COC(=O)c1ccc(NC(=O)CCCn2nc(-c3ccc(F)cc3)ccc2=O)cc1. The highest BCUT2D eigenvalue weighted by atomic mass is 19.1. The molecule has 1 heterocycles. The van der Waals surface area contributed by atoms with Crippen LogP contribution in [0.1, 0.15) is 23.2 Å². The summed E-state index contributed by atoms with van der Waals surface area (Å²) in [6, 6.07) is 15.2. The lowest BCUT2D eigenvalue weighted by molar-refractivity contribution is -0.116. The molecule has 0 fully saturated rings. The van der Waals surface area contributed by atoms with E-state index in [9.17, 15) is 18.8 Å². The monoisotopic (exact) mass is 409 g/mol. The van der Waals surface area contributed by atoms with Gasteiger partial charge in [-0.15, -0.1) is 0 Å². The number of carbonyl (C=O) groups is 2. The molecule has 8 heteroatoms. The highest BCUT2D eigenvalue weighted by molar-refractivity contribution is 5.93. The molecule has 2 aromatic carbocycles. The zero-order chi connectivity index (χ0) is 21.5. The second kappa shape index (κ2) is 9.60. The minimum atomic E-state index is -0.450. The van der Waals surface area contributed by atoms with Crippen LogP contribution >= 0.6 is 0 Å². The van der Waals surface area contributed by atoms with Crippen molar-refractivity contribution >= 4 is 17.6 Å². The maximum atomic E-state index is 13.1. The first-order valence-electron chi connectivity index (χ1n) is 9.28. The molecule has 0 radical (unpaired) electrons. The van der Waals surface area contributed by atoms with Gasteiger partial charge >= 0.3 is 5.97 Å². The number of hydrogen-bond donors (Lipinski definition) is 1. The van der Waals surface area contributed by atoms with Crippen molar-refractivity contribution in [3.05, 3.63) is 82.4 Å². The summed E-state index contributed by atoms with van der Waals surface area (Å²) in [5, 5.41) is 7.03. The third-order valence-electron chi connectivity index (χ3n) is 4.37. The van der Waals surface area contributed by atoms with Crippen molar-refractivity contribution in [3.8, 4) is 11.3 Å². The molecule has 3 rings (SSSR count). The van der Waals surface area contributed by atoms with Crippen molar-refractivity contribution in [2.24, 2.45) is 0 Å². The normalized spacial score (nSPS) is 10.5. The van der Waals surface area contributed by atoms with Crippen LogP contribution in [0.3, 0.4) is 0 Å². The van der Waals surface area contributed by atoms with E-state index < -0.39 is 5.97 Å². The minimum Gasteiger partial charge on any atom is -0.465 e. The number of anilines is 1. The van der Waals surface area contributed by atoms with E-state index in [-0.39, 0.29) is 30.2 Å². The molecule has 1 aromatic heterocycles. The van der Waals surface area contributed by atoms with Gasteiger partial charge in [0.1, 0.15) is 5.82 Å². The number of nitrogens with one attached hydrogen (secondary N) is 1. The number of nitrogens with zero attached hydrogens (tertiary/aromatic N) is 2. The number of carbonyl (C=O) groups excluding carboxylic acids is 2. The van der Waals surface area contributed by atoms with Crippen molar-refractivity contribution in [3.63, 3.8) is 0 Å². The van der Waals surface area contributed by atoms with E-state index in [4.69, 9.17) is 0 Å². The number of halogens is 1. The molecule has 1 amide bonds. The Kier molecular flexibility index (Phi) is 6.69. The fourth-order valence-electron chi connectivity index (χ4n) is 2.80. The zero-order valence-corrected chi connectivity index (χ0v) is 16.3. The maximum absolute atomic E-state index is 13.1. The molecular weight excluding hydrogens is 389 g/mol. The lowest BCUT2D eigenvalue weighted by atomic mass is 10.1. The van der Waals surface area contributed by atoms with E-state index in [0.717, 1.165) is 0 Å². The van der Waals surface area contributed by atoms with Gasteiger partial charge in [0.15, 0.2) is 0 Å². The lowest BCUT2D eigenvalue weighted by Gasteiger charge is -2.08. The van der Waals surface area contributed by atoms with Crippen LogP contribution in [0, 0.1) is 5.82 Å². The predicted octanol–water partition coefficient (Wildman–Crippen LogP) is 3.25. The topological polar surface area (TPSA) is 90.3 Å². The number of hydrogen-bond acceptors (Lipinski definition) is 5. The summed E-state index contributed by atoms with van der Waals surface area (Å²) in [6.07, 6.45) is 0.597. The quantitative estimate of drug-likeness (QED) is 0.605. The van der Waals surface area contributed by atoms with Gasteiger partial charge in [0.25, 0.3) is 5.56 Å². The maximum Gasteiger partial charge on any atom is 0.337 e. The molecule has 3 aromatic rings. The molecule has 0 saturated carbocycles. The van der Waals surface area contributed by atoms with Crippen molar-refractivity contribution < 1.29 is 18.7 Å². The van der Waals surface area contributed by atoms with Crippen molar-refractivity contribution in [1.82, 2.24) is 9.78 Å². The zero-order valence-electron chi connectivity index (χ0n) is 16.3. The van der Waals surface area contributed by atoms with E-state index in [2.05, 4.69) is 15.2 Å². The van der Waals surface area contributed by atoms with E-state index in [1.807, 2.05) is 0 Å². The summed E-state index contributed by atoms with van der Waals surface area (Å²) >= 11 is 0. The molecule has 0 spiro atoms. The molecule has 0 aliphatic carbocycles. The number of aryl methyl sites for hydroxylation is 1. The first-order chi connectivity index (χ1) is 14.5. The largest absolute Gasteiger partial charge is 0.465 e. The predicted molar refractivity (Wildman–Crippen MR) is 110 cm³/mol. The van der Waals surface area contributed by atoms with Crippen molar-refractivity contribution in [2.75, 3.05) is 12.4 Å². The van der Waals surface area contributed by atoms with Crippen LogP contribution in [-0.2, 0) is 16.1 Å². The number of aromatic nitrogens is 2. The second-order valence-electron chi connectivity index (χ2n) is 6.51. The fourth-order valence-corrected chi connectivity index (χ4v) is 2.80. The van der Waals surface area contributed by atoms with Crippen LogP contribution in [0.25, 0.3) is 11.3 Å². The molecule has 0 atom stereocenters. The van der Waals surface area contributed by atoms with E-state index in [0.29, 0.717) is 28.9 Å². The van der Waals surface area contributed by atoms with Gasteiger partial charge in [-0.1, -0.05) is 0 Å². The van der Waals surface area contributed by atoms with E-state index in [1.165, 1.54) is 30.0 Å². The standard InChI is InChI=1S/C22H20FN3O4/c1-30-22(29)16-6-10-18(11-7-16)24-20(27)3-2-14-26-21(28)13-12-19(25-26)15-4-8-17(23)9-5-15/h4-13H,2-3,14H2,1H3,(H,24,27). The molecule has 0 unspecified atom stereocenters. The third-order valence-corrected chi connectivity index (χ3v) is 4.37. The Morgan fingerprint density at radius 3 is 2.40 bits per heavy atom. The van der Waals surface area contributed by atoms with Gasteiger partial charge in [-0.05, 0) is 61.0 Å². The minimum absolute atomic E-state index is 0.188. The van der Waals surface area contributed by atoms with Crippen LogP contribution in [0.4, 0.5) is 10.1 Å². The lowest BCUT2D eigenvalue weighted by Crippen LogP contribution is -2.23. The first kappa shape index (κ1) is 20.9. The first-order valence-corrected chi connectivity index (χ1v) is 9.28. The number of benzene rings is 2. The summed E-state index contributed by atoms with van der Waals surface area (Å²) < 4.78 is 19.0. The fraction of sp³-hybridized carbons (Fsp3) is 0.182. The molecule has 0 aliphatic heterocycles. The van der Waals surface area contributed by atoms with Gasteiger partial charge in [-0.25, -0.2) is 13.9 Å². The Bertz CT molecular complexity index is 1090. The van der Waals surface area contributed by atoms with Crippen LogP contribution in [0.2, 0.25) is 0 Å². The summed E-state index contributed by atoms with van der Waals surface area (Å²) in [5.74, 6) is -1.02. The molecule has 0 bridgehead atoms. The van der Waals surface area contributed by atoms with Gasteiger partial charge in [0.05, 0.1) is 18.4 Å². The van der Waals surface area contributed by atoms with Crippen LogP contribution in [0.15, 0.2) is 65.5 Å². The van der Waals surface area contributed by atoms with Crippen LogP contribution in [-0.4, -0.2) is 28.8 Å². The van der Waals surface area contributed by atoms with Gasteiger partial charge in [-0.2, -0.15) is 5.10 Å². The second-order valence-corrected chi connectivity index (χ2v) is 6.51. The Hall–Kier alpha value is -3.81. The van der Waals surface area contributed by atoms with Gasteiger partial charge in [-0.3, -0.25) is 9.59 Å². The molecule has 154 valence electrons. The molecule has 1 N–H and O–H groups in total. The highest BCUT2D eigenvalue weighted by Gasteiger charge is 2.08. The summed E-state index contributed by atoms with van der Waals surface area (Å²) in [7, 11) is 1.30. The number of rotatable bonds is 7. The summed E-state index contributed by atoms with van der Waals surface area (Å²) in [6.45, 7) is 0.266. The van der Waals surface area contributed by atoms with Crippen LogP contribution < -0.4 is 10.9 Å². The smallest absolute Gasteiger partial charge is 0.337 e. The third kappa shape index (κ3) is 5.38. The molecular formula is C22H20FN3O4. The number of esters is 1. The van der Waals surface area contributed by atoms with E-state index >= 15 is 0 Å². The number of ether oxygens (including phenoxy) is 1. The Morgan fingerprint density at radius 2 is 1.73 bits per heavy atom. The number of amides is 1. The summed E-state index contributed by atoms with van der Waals surface area (Å²) in [5.41, 5.74) is 1.91. The average molecular weight is 409 g/mol. The average Bonchev–Trinajstić information content (AvgIpc) is 2.75. The summed E-state index contributed by atoms with van der Waals surface area (Å²) in [4.78, 5) is 35.6. The molecule has 0 aliphatic rings. The Morgan fingerprint density at radius 1 is 1.03 bits per heavy atom. The van der Waals surface area contributed by atoms with Gasteiger partial charge in [0, 0.05) is 30.3 Å². The molecule has 30 heavy (non-hydrogen) atoms.